The molecule has 108 valence electrons. The highest BCUT2D eigenvalue weighted by Gasteiger charge is 2.59. The Bertz CT molecular complexity index is 382. The molecule has 0 aromatic rings. The van der Waals surface area contributed by atoms with Gasteiger partial charge in [0.2, 0.25) is 0 Å². The normalized spacial score (nSPS) is 44.4. The lowest BCUT2D eigenvalue weighted by atomic mass is 9.52. The summed E-state index contributed by atoms with van der Waals surface area (Å²) in [6.45, 7) is 10.8. The monoisotopic (exact) mass is 264 g/mol. The van der Waals surface area contributed by atoms with Gasteiger partial charge in [-0.1, -0.05) is 27.4 Å². The van der Waals surface area contributed by atoms with Gasteiger partial charge in [0.25, 0.3) is 0 Å². The van der Waals surface area contributed by atoms with Crippen molar-refractivity contribution in [1.29, 1.82) is 0 Å². The van der Waals surface area contributed by atoms with E-state index in [-0.39, 0.29) is 11.0 Å². The second kappa shape index (κ2) is 4.00. The molecule has 2 nitrogen and oxygen atoms in total. The quantitative estimate of drug-likeness (QED) is 0.777. The van der Waals surface area contributed by atoms with Gasteiger partial charge in [-0.2, -0.15) is 0 Å². The highest BCUT2D eigenvalue weighted by molar-refractivity contribution is 5.12. The molecule has 4 rings (SSSR count). The van der Waals surface area contributed by atoms with Gasteiger partial charge in [0.1, 0.15) is 5.60 Å². The predicted octanol–water partition coefficient (Wildman–Crippen LogP) is 4.04. The van der Waals surface area contributed by atoms with E-state index in [4.69, 9.17) is 4.74 Å². The van der Waals surface area contributed by atoms with Gasteiger partial charge in [-0.3, -0.25) is 0 Å². The van der Waals surface area contributed by atoms with Crippen molar-refractivity contribution < 1.29 is 9.84 Å². The average molecular weight is 264 g/mol. The molecule has 0 amide bonds. The lowest BCUT2D eigenvalue weighted by molar-refractivity contribution is -0.211. The van der Waals surface area contributed by atoms with Crippen LogP contribution in [0.25, 0.3) is 0 Å². The van der Waals surface area contributed by atoms with Crippen LogP contribution in [0.5, 0.6) is 0 Å². The summed E-state index contributed by atoms with van der Waals surface area (Å²) in [4.78, 5) is 0. The van der Waals surface area contributed by atoms with Gasteiger partial charge in [-0.25, -0.2) is 0 Å². The van der Waals surface area contributed by atoms with Crippen molar-refractivity contribution in [3.8, 4) is 0 Å². The maximum absolute atomic E-state index is 10.7. The second-order valence-corrected chi connectivity index (χ2v) is 8.13. The van der Waals surface area contributed by atoms with E-state index >= 15 is 0 Å². The van der Waals surface area contributed by atoms with Crippen LogP contribution in [0.3, 0.4) is 0 Å². The first kappa shape index (κ1) is 13.5. The van der Waals surface area contributed by atoms with E-state index in [2.05, 4.69) is 27.4 Å². The van der Waals surface area contributed by atoms with Crippen molar-refractivity contribution in [2.45, 2.75) is 76.9 Å². The zero-order valence-corrected chi connectivity index (χ0v) is 12.7. The fraction of sp³-hybridized carbons (Fsp3) is 0.882. The average Bonchev–Trinajstić information content (AvgIpc) is 2.24. The van der Waals surface area contributed by atoms with Crippen LogP contribution in [0.2, 0.25) is 0 Å². The Balaban J connectivity index is 1.79. The lowest BCUT2D eigenvalue weighted by Crippen LogP contribution is -2.60. The minimum atomic E-state index is -0.444. The number of hydrogen-bond donors (Lipinski definition) is 1. The van der Waals surface area contributed by atoms with Crippen molar-refractivity contribution in [2.75, 3.05) is 0 Å². The zero-order valence-electron chi connectivity index (χ0n) is 12.7. The topological polar surface area (TPSA) is 29.5 Å². The maximum atomic E-state index is 10.7. The summed E-state index contributed by atoms with van der Waals surface area (Å²) in [6.07, 6.45) is 7.42. The van der Waals surface area contributed by atoms with Crippen LogP contribution in [0.15, 0.2) is 12.3 Å². The first-order chi connectivity index (χ1) is 8.76. The number of hydrogen-bond acceptors (Lipinski definition) is 2. The molecule has 4 bridgehead atoms. The van der Waals surface area contributed by atoms with Crippen LogP contribution in [-0.4, -0.2) is 16.3 Å². The highest BCUT2D eigenvalue weighted by Crippen LogP contribution is 2.59. The molecule has 0 spiro atoms. The molecule has 2 unspecified atom stereocenters. The molecular weight excluding hydrogens is 236 g/mol. The highest BCUT2D eigenvalue weighted by atomic mass is 16.5. The van der Waals surface area contributed by atoms with Crippen LogP contribution >= 0.6 is 0 Å². The number of aliphatic hydroxyl groups is 1. The molecule has 0 saturated heterocycles. The Labute approximate surface area is 117 Å². The minimum absolute atomic E-state index is 0.0337. The molecule has 4 aliphatic carbocycles. The first-order valence-electron chi connectivity index (χ1n) is 7.87. The number of ether oxygens (including phenoxy) is 1. The molecular formula is C17H28O2. The second-order valence-electron chi connectivity index (χ2n) is 8.13. The summed E-state index contributed by atoms with van der Waals surface area (Å²) in [6, 6.07) is 0. The summed E-state index contributed by atoms with van der Waals surface area (Å²) in [7, 11) is 0. The Morgan fingerprint density at radius 1 is 1.26 bits per heavy atom. The third-order valence-electron chi connectivity index (χ3n) is 5.95. The predicted molar refractivity (Wildman–Crippen MR) is 76.7 cm³/mol. The fourth-order valence-electron chi connectivity index (χ4n) is 4.85. The van der Waals surface area contributed by atoms with Gasteiger partial charge >= 0.3 is 0 Å². The van der Waals surface area contributed by atoms with E-state index in [0.717, 1.165) is 44.3 Å². The molecule has 4 fully saturated rings. The Hall–Kier alpha value is -0.500. The van der Waals surface area contributed by atoms with Crippen molar-refractivity contribution in [3.63, 3.8) is 0 Å². The van der Waals surface area contributed by atoms with Gasteiger partial charge in [0, 0.05) is 11.8 Å². The third kappa shape index (κ3) is 2.22. The van der Waals surface area contributed by atoms with Crippen LogP contribution in [0, 0.1) is 17.3 Å². The molecule has 0 radical (unpaired) electrons. The molecule has 4 saturated carbocycles. The SMILES string of the molecule is C=C(OC12CC3CC(CC(O)(C3)C1)C2)C(C)(C)CC. The minimum Gasteiger partial charge on any atom is -0.492 e. The van der Waals surface area contributed by atoms with Crippen LogP contribution < -0.4 is 0 Å². The van der Waals surface area contributed by atoms with Gasteiger partial charge in [0.15, 0.2) is 0 Å². The van der Waals surface area contributed by atoms with E-state index in [0.29, 0.717) is 11.8 Å². The van der Waals surface area contributed by atoms with Crippen molar-refractivity contribution in [1.82, 2.24) is 0 Å². The maximum Gasteiger partial charge on any atom is 0.112 e. The zero-order chi connectivity index (χ0) is 13.9. The summed E-state index contributed by atoms with van der Waals surface area (Å²) in [5.41, 5.74) is -0.519. The van der Waals surface area contributed by atoms with Gasteiger partial charge in [-0.05, 0) is 50.4 Å². The van der Waals surface area contributed by atoms with Crippen molar-refractivity contribution in [3.05, 3.63) is 12.3 Å². The molecule has 0 aromatic carbocycles. The smallest absolute Gasteiger partial charge is 0.112 e. The van der Waals surface area contributed by atoms with E-state index in [1.165, 1.54) is 6.42 Å². The summed E-state index contributed by atoms with van der Waals surface area (Å²) in [5, 5.41) is 10.7. The first-order valence-corrected chi connectivity index (χ1v) is 7.87. The van der Waals surface area contributed by atoms with Crippen LogP contribution in [0.1, 0.15) is 65.7 Å². The number of rotatable bonds is 4. The third-order valence-corrected chi connectivity index (χ3v) is 5.95. The Morgan fingerprint density at radius 3 is 2.32 bits per heavy atom. The largest absolute Gasteiger partial charge is 0.492 e. The van der Waals surface area contributed by atoms with Crippen LogP contribution in [0.4, 0.5) is 0 Å². The molecule has 2 atom stereocenters. The standard InChI is InChI=1S/C17H28O2/c1-5-15(3,4)12(2)19-17-9-13-6-14(10-17)8-16(18,7-13)11-17/h13-14,18H,2,5-11H2,1,3-4H3. The van der Waals surface area contributed by atoms with Crippen molar-refractivity contribution in [2.24, 2.45) is 17.3 Å². The summed E-state index contributed by atoms with van der Waals surface area (Å²) in [5.74, 6) is 2.26. The lowest BCUT2D eigenvalue weighted by Gasteiger charge is -2.60. The molecule has 19 heavy (non-hydrogen) atoms. The molecule has 2 heteroatoms. The van der Waals surface area contributed by atoms with Gasteiger partial charge in [-0.15, -0.1) is 0 Å². The van der Waals surface area contributed by atoms with E-state index < -0.39 is 5.60 Å². The van der Waals surface area contributed by atoms with E-state index in [1.807, 2.05) is 0 Å². The van der Waals surface area contributed by atoms with Gasteiger partial charge in [0.05, 0.1) is 11.4 Å². The summed E-state index contributed by atoms with van der Waals surface area (Å²) >= 11 is 0. The molecule has 0 aliphatic heterocycles. The van der Waals surface area contributed by atoms with E-state index in [9.17, 15) is 5.11 Å². The molecule has 4 aliphatic rings. The van der Waals surface area contributed by atoms with Gasteiger partial charge < -0.3 is 9.84 Å². The number of allylic oxidation sites excluding steroid dienone is 1. The Morgan fingerprint density at radius 2 is 1.84 bits per heavy atom. The van der Waals surface area contributed by atoms with E-state index in [1.54, 1.807) is 0 Å². The van der Waals surface area contributed by atoms with Crippen LogP contribution in [-0.2, 0) is 4.74 Å². The molecule has 0 heterocycles. The molecule has 1 N–H and O–H groups in total. The summed E-state index contributed by atoms with van der Waals surface area (Å²) < 4.78 is 6.42. The molecule has 0 aromatic heterocycles. The Kier molecular flexibility index (Phi) is 2.84. The van der Waals surface area contributed by atoms with Crippen molar-refractivity contribution >= 4 is 0 Å². The fourth-order valence-corrected chi connectivity index (χ4v) is 4.85.